The smallest absolute Gasteiger partial charge is 0.326 e. The van der Waals surface area contributed by atoms with E-state index in [1.54, 1.807) is 18.2 Å². The van der Waals surface area contributed by atoms with Gasteiger partial charge in [0.25, 0.3) is 5.91 Å². The molecule has 0 aliphatic carbocycles. The summed E-state index contributed by atoms with van der Waals surface area (Å²) in [7, 11) is 1.42. The van der Waals surface area contributed by atoms with Crippen LogP contribution in [0, 0.1) is 0 Å². The molecule has 0 spiro atoms. The van der Waals surface area contributed by atoms with Crippen molar-refractivity contribution in [3.05, 3.63) is 28.7 Å². The van der Waals surface area contributed by atoms with Gasteiger partial charge in [-0.2, -0.15) is 0 Å². The van der Waals surface area contributed by atoms with E-state index in [4.69, 9.17) is 22.1 Å². The van der Waals surface area contributed by atoms with Crippen LogP contribution in [0.1, 0.15) is 12.5 Å². The molecule has 8 heteroatoms. The number of nitrogens with zero attached hydrogens (tertiary/aromatic N) is 1. The summed E-state index contributed by atoms with van der Waals surface area (Å²) in [6, 6.07) is 3.83. The van der Waals surface area contributed by atoms with E-state index in [2.05, 4.69) is 0 Å². The van der Waals surface area contributed by atoms with Crippen molar-refractivity contribution in [2.75, 3.05) is 7.11 Å². The van der Waals surface area contributed by atoms with E-state index in [1.807, 2.05) is 0 Å². The molecular weight excluding hydrogens is 326 g/mol. The van der Waals surface area contributed by atoms with Crippen molar-refractivity contribution in [2.24, 2.45) is 0 Å². The van der Waals surface area contributed by atoms with E-state index in [9.17, 15) is 14.7 Å². The topological polar surface area (TPSA) is 87.1 Å². The number of thioether (sulfide) groups is 1. The number of hydrogen-bond acceptors (Lipinski definition) is 6. The van der Waals surface area contributed by atoms with Gasteiger partial charge in [0.05, 0.1) is 12.0 Å². The summed E-state index contributed by atoms with van der Waals surface area (Å²) in [6.45, 7) is 1.39. The SMILES string of the molecule is COc1cccc(/C=C2\SC(=S)N([C@@H](C)C(=O)O)C2=O)c1O. The van der Waals surface area contributed by atoms with Gasteiger partial charge in [-0.1, -0.05) is 36.1 Å². The van der Waals surface area contributed by atoms with Crippen LogP contribution in [0.15, 0.2) is 23.1 Å². The normalized spacial score (nSPS) is 17.9. The molecule has 2 N–H and O–H groups in total. The number of rotatable bonds is 4. The predicted molar refractivity (Wildman–Crippen MR) is 86.8 cm³/mol. The monoisotopic (exact) mass is 339 g/mol. The van der Waals surface area contributed by atoms with Crippen molar-refractivity contribution < 1.29 is 24.5 Å². The number of carbonyl (C=O) groups excluding carboxylic acids is 1. The standard InChI is InChI=1S/C14H13NO5S2/c1-7(13(18)19)15-12(17)10(22-14(15)21)6-8-4-3-5-9(20-2)11(8)16/h3-7,16H,1-2H3,(H,18,19)/b10-6-/t7-/m0/s1. The fraction of sp³-hybridized carbons (Fsp3) is 0.214. The number of hydrogen-bond donors (Lipinski definition) is 2. The summed E-state index contributed by atoms with van der Waals surface area (Å²) in [5, 5.41) is 19.1. The van der Waals surface area contributed by atoms with Crippen LogP contribution in [-0.2, 0) is 9.59 Å². The van der Waals surface area contributed by atoms with Crippen molar-refractivity contribution >= 4 is 46.3 Å². The van der Waals surface area contributed by atoms with Crippen LogP contribution in [0.2, 0.25) is 0 Å². The van der Waals surface area contributed by atoms with Crippen LogP contribution in [-0.4, -0.2) is 44.5 Å². The van der Waals surface area contributed by atoms with Crippen molar-refractivity contribution in [1.29, 1.82) is 0 Å². The Bertz CT molecular complexity index is 686. The fourth-order valence-electron chi connectivity index (χ4n) is 1.89. The highest BCUT2D eigenvalue weighted by molar-refractivity contribution is 8.26. The van der Waals surface area contributed by atoms with Crippen LogP contribution in [0.3, 0.4) is 0 Å². The zero-order chi connectivity index (χ0) is 16.4. The Balaban J connectivity index is 2.37. The summed E-state index contributed by atoms with van der Waals surface area (Å²) >= 11 is 6.06. The van der Waals surface area contributed by atoms with Crippen molar-refractivity contribution in [2.45, 2.75) is 13.0 Å². The lowest BCUT2D eigenvalue weighted by atomic mass is 10.1. The maximum atomic E-state index is 12.3. The van der Waals surface area contributed by atoms with Gasteiger partial charge >= 0.3 is 5.97 Å². The molecule has 0 saturated carbocycles. The van der Waals surface area contributed by atoms with Gasteiger partial charge in [0, 0.05) is 5.56 Å². The lowest BCUT2D eigenvalue weighted by molar-refractivity contribution is -0.144. The minimum absolute atomic E-state index is 0.0958. The number of benzene rings is 1. The second kappa shape index (κ2) is 6.37. The van der Waals surface area contributed by atoms with E-state index < -0.39 is 17.9 Å². The van der Waals surface area contributed by atoms with E-state index in [-0.39, 0.29) is 20.7 Å². The molecule has 0 bridgehead atoms. The second-order valence-electron chi connectivity index (χ2n) is 4.46. The number of ether oxygens (including phenoxy) is 1. The van der Waals surface area contributed by atoms with Gasteiger partial charge in [0.1, 0.15) is 10.4 Å². The molecule has 1 aromatic carbocycles. The number of carbonyl (C=O) groups is 2. The molecule has 1 saturated heterocycles. The van der Waals surface area contributed by atoms with Crippen molar-refractivity contribution in [1.82, 2.24) is 4.90 Å². The Morgan fingerprint density at radius 2 is 2.18 bits per heavy atom. The molecule has 2 rings (SSSR count). The molecule has 1 atom stereocenters. The van der Waals surface area contributed by atoms with E-state index in [0.29, 0.717) is 5.56 Å². The summed E-state index contributed by atoms with van der Waals surface area (Å²) < 4.78 is 5.18. The molecule has 0 aromatic heterocycles. The Kier molecular flexibility index (Phi) is 4.72. The summed E-state index contributed by atoms with van der Waals surface area (Å²) in [5.74, 6) is -1.45. The second-order valence-corrected chi connectivity index (χ2v) is 6.14. The highest BCUT2D eigenvalue weighted by atomic mass is 32.2. The largest absolute Gasteiger partial charge is 0.504 e. The van der Waals surface area contributed by atoms with Crippen LogP contribution < -0.4 is 4.74 Å². The summed E-state index contributed by atoms with van der Waals surface area (Å²) in [4.78, 5) is 24.6. The van der Waals surface area contributed by atoms with Gasteiger partial charge in [0.15, 0.2) is 11.5 Å². The first-order valence-electron chi connectivity index (χ1n) is 6.22. The molecule has 1 aliphatic heterocycles. The zero-order valence-corrected chi connectivity index (χ0v) is 13.4. The summed E-state index contributed by atoms with van der Waals surface area (Å²) in [5.41, 5.74) is 0.392. The van der Waals surface area contributed by atoms with Crippen molar-refractivity contribution in [3.8, 4) is 11.5 Å². The Labute approximate surface area is 136 Å². The molecule has 1 aromatic rings. The van der Waals surface area contributed by atoms with Crippen LogP contribution >= 0.6 is 24.0 Å². The number of para-hydroxylation sites is 1. The van der Waals surface area contributed by atoms with E-state index in [0.717, 1.165) is 16.7 Å². The molecule has 1 heterocycles. The Morgan fingerprint density at radius 1 is 1.50 bits per heavy atom. The number of aromatic hydroxyl groups is 1. The number of amides is 1. The van der Waals surface area contributed by atoms with Crippen LogP contribution in [0.5, 0.6) is 11.5 Å². The lowest BCUT2D eigenvalue weighted by Gasteiger charge is -2.18. The average molecular weight is 339 g/mol. The van der Waals surface area contributed by atoms with E-state index in [1.165, 1.54) is 20.1 Å². The number of carboxylic acids is 1. The molecule has 1 aliphatic rings. The summed E-state index contributed by atoms with van der Waals surface area (Å²) in [6.07, 6.45) is 1.46. The molecule has 1 fully saturated rings. The zero-order valence-electron chi connectivity index (χ0n) is 11.8. The molecule has 22 heavy (non-hydrogen) atoms. The lowest BCUT2D eigenvalue weighted by Crippen LogP contribution is -2.41. The predicted octanol–water partition coefficient (Wildman–Crippen LogP) is 2.08. The molecule has 6 nitrogen and oxygen atoms in total. The third-order valence-corrected chi connectivity index (χ3v) is 4.44. The molecule has 116 valence electrons. The van der Waals surface area contributed by atoms with Gasteiger partial charge in [-0.15, -0.1) is 0 Å². The Morgan fingerprint density at radius 3 is 2.77 bits per heavy atom. The average Bonchev–Trinajstić information content (AvgIpc) is 2.75. The first-order chi connectivity index (χ1) is 10.4. The van der Waals surface area contributed by atoms with Crippen LogP contribution in [0.25, 0.3) is 6.08 Å². The molecular formula is C14H13NO5S2. The Hall–Kier alpha value is -2.06. The highest BCUT2D eigenvalue weighted by Crippen LogP contribution is 2.37. The third-order valence-electron chi connectivity index (χ3n) is 3.10. The minimum atomic E-state index is -1.14. The molecule has 0 radical (unpaired) electrons. The number of carboxylic acid groups (broad SMARTS) is 1. The third kappa shape index (κ3) is 2.93. The molecule has 1 amide bonds. The molecule has 0 unspecified atom stereocenters. The highest BCUT2D eigenvalue weighted by Gasteiger charge is 2.38. The minimum Gasteiger partial charge on any atom is -0.504 e. The first-order valence-corrected chi connectivity index (χ1v) is 7.45. The van der Waals surface area contributed by atoms with Crippen LogP contribution in [0.4, 0.5) is 0 Å². The quantitative estimate of drug-likeness (QED) is 0.641. The van der Waals surface area contributed by atoms with Gasteiger partial charge in [-0.05, 0) is 19.1 Å². The maximum Gasteiger partial charge on any atom is 0.326 e. The van der Waals surface area contributed by atoms with E-state index >= 15 is 0 Å². The van der Waals surface area contributed by atoms with Gasteiger partial charge in [0.2, 0.25) is 0 Å². The number of phenolic OH excluding ortho intramolecular Hbond substituents is 1. The number of phenols is 1. The van der Waals surface area contributed by atoms with Gasteiger partial charge in [-0.3, -0.25) is 9.69 Å². The number of thiocarbonyl (C=S) groups is 1. The van der Waals surface area contributed by atoms with Gasteiger partial charge < -0.3 is 14.9 Å². The fourth-order valence-corrected chi connectivity index (χ4v) is 3.30. The number of aliphatic carboxylic acids is 1. The van der Waals surface area contributed by atoms with Crippen molar-refractivity contribution in [3.63, 3.8) is 0 Å². The maximum absolute atomic E-state index is 12.3. The first kappa shape index (κ1) is 16.3. The van der Waals surface area contributed by atoms with Gasteiger partial charge in [-0.25, -0.2) is 4.79 Å². The number of methoxy groups -OCH3 is 1.